The molecule has 0 atom stereocenters. The van der Waals surface area contributed by atoms with Gasteiger partial charge >= 0.3 is 0 Å². The van der Waals surface area contributed by atoms with Crippen LogP contribution in [-0.4, -0.2) is 33.6 Å². The number of hydrogen-bond acceptors (Lipinski definition) is 3. The van der Waals surface area contributed by atoms with Gasteiger partial charge in [-0.3, -0.25) is 0 Å². The summed E-state index contributed by atoms with van der Waals surface area (Å²) in [5, 5.41) is 5.40. The number of fused-ring (bicyclic) bond motifs is 1. The first kappa shape index (κ1) is 14.8. The van der Waals surface area contributed by atoms with Crippen molar-refractivity contribution in [1.82, 2.24) is 19.5 Å². The molecule has 0 N–H and O–H groups in total. The van der Waals surface area contributed by atoms with E-state index >= 15 is 0 Å². The molecular formula is C16H23ClN4. The predicted octanol–water partition coefficient (Wildman–Crippen LogP) is 3.72. The highest BCUT2D eigenvalue weighted by Gasteiger charge is 2.25. The maximum atomic E-state index is 6.70. The fraction of sp³-hybridized carbons (Fsp3) is 0.625. The molecule has 5 heteroatoms. The normalized spacial score (nSPS) is 16.5. The van der Waals surface area contributed by atoms with Gasteiger partial charge in [0, 0.05) is 23.4 Å². The summed E-state index contributed by atoms with van der Waals surface area (Å²) < 4.78 is 1.84. The van der Waals surface area contributed by atoms with Crippen molar-refractivity contribution >= 4 is 17.2 Å². The first-order chi connectivity index (χ1) is 9.99. The number of rotatable bonds is 3. The second kappa shape index (κ2) is 5.58. The molecule has 1 saturated carbocycles. The maximum Gasteiger partial charge on any atom is 0.161 e. The van der Waals surface area contributed by atoms with Crippen molar-refractivity contribution in [3.05, 3.63) is 27.7 Å². The molecule has 4 nitrogen and oxygen atoms in total. The molecule has 1 aliphatic rings. The van der Waals surface area contributed by atoms with Crippen molar-refractivity contribution in [2.75, 3.05) is 14.1 Å². The molecule has 0 spiro atoms. The van der Waals surface area contributed by atoms with E-state index in [0.717, 1.165) is 28.7 Å². The lowest BCUT2D eigenvalue weighted by atomic mass is 9.98. The average Bonchev–Trinajstić information content (AvgIpc) is 3.01. The van der Waals surface area contributed by atoms with Gasteiger partial charge in [-0.2, -0.15) is 5.10 Å². The molecule has 0 aliphatic heterocycles. The van der Waals surface area contributed by atoms with Crippen LogP contribution in [0.15, 0.2) is 0 Å². The van der Waals surface area contributed by atoms with Gasteiger partial charge in [0.05, 0.1) is 5.69 Å². The van der Waals surface area contributed by atoms with Crippen molar-refractivity contribution in [2.24, 2.45) is 0 Å². The quantitative estimate of drug-likeness (QED) is 0.810. The summed E-state index contributed by atoms with van der Waals surface area (Å²) in [6, 6.07) is 0. The molecule has 0 amide bonds. The monoisotopic (exact) mass is 306 g/mol. The van der Waals surface area contributed by atoms with Crippen molar-refractivity contribution in [1.29, 1.82) is 0 Å². The van der Waals surface area contributed by atoms with Crippen LogP contribution in [-0.2, 0) is 6.54 Å². The SMILES string of the molecule is Cc1nc2c(CN(C)C)c(C)nn2c(Cl)c1C1CCCC1. The van der Waals surface area contributed by atoms with Crippen LogP contribution in [0.3, 0.4) is 0 Å². The van der Waals surface area contributed by atoms with Crippen molar-refractivity contribution in [3.8, 4) is 0 Å². The molecule has 2 heterocycles. The van der Waals surface area contributed by atoms with E-state index in [1.165, 1.54) is 36.8 Å². The van der Waals surface area contributed by atoms with Crippen LogP contribution in [0.5, 0.6) is 0 Å². The number of hydrogen-bond donors (Lipinski definition) is 0. The van der Waals surface area contributed by atoms with Gasteiger partial charge < -0.3 is 4.90 Å². The van der Waals surface area contributed by atoms with Crippen molar-refractivity contribution in [3.63, 3.8) is 0 Å². The Morgan fingerprint density at radius 1 is 1.19 bits per heavy atom. The van der Waals surface area contributed by atoms with Crippen LogP contribution in [0.1, 0.15) is 54.1 Å². The molecule has 2 aromatic heterocycles. The first-order valence-electron chi connectivity index (χ1n) is 7.68. The summed E-state index contributed by atoms with van der Waals surface area (Å²) in [5.74, 6) is 0.552. The number of halogens is 1. The van der Waals surface area contributed by atoms with E-state index in [4.69, 9.17) is 16.6 Å². The highest BCUT2D eigenvalue weighted by molar-refractivity contribution is 6.30. The second-order valence-electron chi connectivity index (χ2n) is 6.42. The Hall–Kier alpha value is -1.13. The molecule has 21 heavy (non-hydrogen) atoms. The van der Waals surface area contributed by atoms with E-state index in [1.807, 2.05) is 11.4 Å². The Bertz CT molecular complexity index is 669. The molecule has 3 rings (SSSR count). The first-order valence-corrected chi connectivity index (χ1v) is 8.05. The lowest BCUT2D eigenvalue weighted by Gasteiger charge is -2.16. The van der Waals surface area contributed by atoms with Crippen LogP contribution in [0.25, 0.3) is 5.65 Å². The predicted molar refractivity (Wildman–Crippen MR) is 86.1 cm³/mol. The Labute approximate surface area is 131 Å². The smallest absolute Gasteiger partial charge is 0.161 e. The zero-order valence-corrected chi connectivity index (χ0v) is 14.0. The van der Waals surface area contributed by atoms with Gasteiger partial charge in [-0.05, 0) is 46.7 Å². The third kappa shape index (κ3) is 2.55. The van der Waals surface area contributed by atoms with Gasteiger partial charge in [0.2, 0.25) is 0 Å². The largest absolute Gasteiger partial charge is 0.305 e. The van der Waals surface area contributed by atoms with Gasteiger partial charge in [-0.1, -0.05) is 24.4 Å². The molecular weight excluding hydrogens is 284 g/mol. The summed E-state index contributed by atoms with van der Waals surface area (Å²) in [7, 11) is 4.12. The number of nitrogens with zero attached hydrogens (tertiary/aromatic N) is 4. The Balaban J connectivity index is 2.17. The minimum absolute atomic E-state index is 0.552. The maximum absolute atomic E-state index is 6.70. The third-order valence-electron chi connectivity index (χ3n) is 4.47. The van der Waals surface area contributed by atoms with Crippen LogP contribution in [0.4, 0.5) is 0 Å². The summed E-state index contributed by atoms with van der Waals surface area (Å²) in [6.07, 6.45) is 5.03. The van der Waals surface area contributed by atoms with Gasteiger partial charge in [0.25, 0.3) is 0 Å². The fourth-order valence-corrected chi connectivity index (χ4v) is 3.87. The Kier molecular flexibility index (Phi) is 3.93. The average molecular weight is 307 g/mol. The molecule has 0 saturated heterocycles. The summed E-state index contributed by atoms with van der Waals surface area (Å²) in [5.41, 5.74) is 5.37. The minimum Gasteiger partial charge on any atom is -0.305 e. The topological polar surface area (TPSA) is 33.4 Å². The van der Waals surface area contributed by atoms with Crippen molar-refractivity contribution < 1.29 is 0 Å². The Morgan fingerprint density at radius 3 is 2.48 bits per heavy atom. The molecule has 2 aromatic rings. The molecule has 1 aliphatic carbocycles. The summed E-state index contributed by atoms with van der Waals surface area (Å²) >= 11 is 6.70. The second-order valence-corrected chi connectivity index (χ2v) is 6.78. The van der Waals surface area contributed by atoms with Crippen LogP contribution >= 0.6 is 11.6 Å². The zero-order valence-electron chi connectivity index (χ0n) is 13.3. The lowest BCUT2D eigenvalue weighted by molar-refractivity contribution is 0.402. The van der Waals surface area contributed by atoms with E-state index in [-0.39, 0.29) is 0 Å². The van der Waals surface area contributed by atoms with E-state index in [2.05, 4.69) is 31.0 Å². The van der Waals surface area contributed by atoms with Crippen molar-refractivity contribution in [2.45, 2.75) is 52.0 Å². The number of aryl methyl sites for hydroxylation is 2. The van der Waals surface area contributed by atoms with Crippen LogP contribution < -0.4 is 0 Å². The third-order valence-corrected chi connectivity index (χ3v) is 4.83. The zero-order chi connectivity index (χ0) is 15.1. The molecule has 0 unspecified atom stereocenters. The summed E-state index contributed by atoms with van der Waals surface area (Å²) in [4.78, 5) is 6.98. The highest BCUT2D eigenvalue weighted by atomic mass is 35.5. The van der Waals surface area contributed by atoms with Gasteiger partial charge in [0.15, 0.2) is 5.65 Å². The molecule has 0 radical (unpaired) electrons. The highest BCUT2D eigenvalue weighted by Crippen LogP contribution is 2.39. The van der Waals surface area contributed by atoms with Crippen LogP contribution in [0.2, 0.25) is 5.15 Å². The lowest BCUT2D eigenvalue weighted by Crippen LogP contribution is -2.12. The number of aromatic nitrogens is 3. The molecule has 0 aromatic carbocycles. The van der Waals surface area contributed by atoms with E-state index in [9.17, 15) is 0 Å². The standard InChI is InChI=1S/C16H23ClN4/c1-10-13(9-20(3)4)16-18-11(2)14(12-7-5-6-8-12)15(17)21(16)19-10/h12H,5-9H2,1-4H3. The van der Waals surface area contributed by atoms with Gasteiger partial charge in [-0.15, -0.1) is 0 Å². The summed E-state index contributed by atoms with van der Waals surface area (Å²) in [6.45, 7) is 4.95. The van der Waals surface area contributed by atoms with E-state index in [0.29, 0.717) is 5.92 Å². The minimum atomic E-state index is 0.552. The van der Waals surface area contributed by atoms with Gasteiger partial charge in [-0.25, -0.2) is 9.50 Å². The fourth-order valence-electron chi connectivity index (χ4n) is 3.46. The molecule has 1 fully saturated rings. The Morgan fingerprint density at radius 2 is 1.86 bits per heavy atom. The van der Waals surface area contributed by atoms with E-state index in [1.54, 1.807) is 0 Å². The van der Waals surface area contributed by atoms with E-state index < -0.39 is 0 Å². The molecule has 0 bridgehead atoms. The molecule has 114 valence electrons. The van der Waals surface area contributed by atoms with Gasteiger partial charge in [0.1, 0.15) is 5.15 Å². The van der Waals surface area contributed by atoms with Crippen LogP contribution in [0, 0.1) is 13.8 Å².